The first-order valence-corrected chi connectivity index (χ1v) is 4.97. The lowest BCUT2D eigenvalue weighted by Gasteiger charge is -2.31. The van der Waals surface area contributed by atoms with E-state index in [-0.39, 0.29) is 0 Å². The molecule has 3 aliphatic rings. The van der Waals surface area contributed by atoms with Crippen molar-refractivity contribution in [1.82, 2.24) is 0 Å². The van der Waals surface area contributed by atoms with Gasteiger partial charge in [-0.1, -0.05) is 6.42 Å². The van der Waals surface area contributed by atoms with Crippen molar-refractivity contribution in [3.05, 3.63) is 0 Å². The van der Waals surface area contributed by atoms with Crippen molar-refractivity contribution < 1.29 is 4.74 Å². The molecule has 2 bridgehead atoms. The minimum Gasteiger partial charge on any atom is -0.381 e. The summed E-state index contributed by atoms with van der Waals surface area (Å²) in [6.45, 7) is 2.14. The van der Waals surface area contributed by atoms with Gasteiger partial charge < -0.3 is 4.74 Å². The van der Waals surface area contributed by atoms with Crippen LogP contribution in [-0.2, 0) is 4.74 Å². The molecule has 1 heteroatoms. The van der Waals surface area contributed by atoms with Gasteiger partial charge in [0.2, 0.25) is 0 Å². The van der Waals surface area contributed by atoms with Gasteiger partial charge in [-0.15, -0.1) is 0 Å². The normalized spacial score (nSPS) is 54.5. The van der Waals surface area contributed by atoms with E-state index in [1.807, 2.05) is 0 Å². The fourth-order valence-electron chi connectivity index (χ4n) is 3.66. The summed E-state index contributed by atoms with van der Waals surface area (Å²) in [7, 11) is 0. The Morgan fingerprint density at radius 1 is 1.27 bits per heavy atom. The third-order valence-electron chi connectivity index (χ3n) is 4.24. The molecule has 1 aliphatic heterocycles. The van der Waals surface area contributed by atoms with Gasteiger partial charge in [0, 0.05) is 6.61 Å². The maximum atomic E-state index is 5.53. The van der Waals surface area contributed by atoms with E-state index in [0.29, 0.717) is 5.41 Å². The van der Waals surface area contributed by atoms with Crippen LogP contribution in [0.4, 0.5) is 0 Å². The molecule has 1 nitrogen and oxygen atoms in total. The quantitative estimate of drug-likeness (QED) is 0.517. The van der Waals surface area contributed by atoms with Gasteiger partial charge in [0.05, 0.1) is 6.61 Å². The van der Waals surface area contributed by atoms with Crippen LogP contribution in [0.3, 0.4) is 0 Å². The summed E-state index contributed by atoms with van der Waals surface area (Å²) in [6, 6.07) is 0. The Labute approximate surface area is 68.1 Å². The summed E-state index contributed by atoms with van der Waals surface area (Å²) in [6.07, 6.45) is 7.43. The molecule has 0 N–H and O–H groups in total. The average molecular weight is 152 g/mol. The maximum Gasteiger partial charge on any atom is 0.0526 e. The van der Waals surface area contributed by atoms with Crippen molar-refractivity contribution in [2.45, 2.75) is 32.1 Å². The Morgan fingerprint density at radius 3 is 2.82 bits per heavy atom. The highest BCUT2D eigenvalue weighted by Gasteiger charge is 2.52. The molecule has 2 aliphatic carbocycles. The van der Waals surface area contributed by atoms with Crippen LogP contribution in [0, 0.1) is 17.3 Å². The van der Waals surface area contributed by atoms with Crippen LogP contribution in [0.1, 0.15) is 32.1 Å². The van der Waals surface area contributed by atoms with Crippen molar-refractivity contribution in [2.24, 2.45) is 17.3 Å². The van der Waals surface area contributed by atoms with Crippen LogP contribution in [0.25, 0.3) is 0 Å². The van der Waals surface area contributed by atoms with Gasteiger partial charge in [-0.2, -0.15) is 0 Å². The maximum absolute atomic E-state index is 5.53. The largest absolute Gasteiger partial charge is 0.381 e. The lowest BCUT2D eigenvalue weighted by atomic mass is 9.73. The molecule has 1 heterocycles. The fourth-order valence-corrected chi connectivity index (χ4v) is 3.66. The van der Waals surface area contributed by atoms with Crippen molar-refractivity contribution in [2.75, 3.05) is 13.2 Å². The van der Waals surface area contributed by atoms with E-state index in [0.717, 1.165) is 25.0 Å². The highest BCUT2D eigenvalue weighted by atomic mass is 16.5. The Balaban J connectivity index is 1.88. The zero-order valence-electron chi connectivity index (χ0n) is 7.01. The first kappa shape index (κ1) is 6.47. The minimum absolute atomic E-state index is 0.683. The lowest BCUT2D eigenvalue weighted by Crippen LogP contribution is -2.27. The first-order chi connectivity index (χ1) is 5.39. The molecule has 3 rings (SSSR count). The van der Waals surface area contributed by atoms with E-state index in [1.54, 1.807) is 0 Å². The van der Waals surface area contributed by atoms with E-state index in [9.17, 15) is 0 Å². The first-order valence-electron chi connectivity index (χ1n) is 4.97. The Bertz CT molecular complexity index is 170. The predicted molar refractivity (Wildman–Crippen MR) is 43.3 cm³/mol. The zero-order valence-corrected chi connectivity index (χ0v) is 7.01. The van der Waals surface area contributed by atoms with Gasteiger partial charge in [0.15, 0.2) is 0 Å². The number of hydrogen-bond donors (Lipinski definition) is 0. The van der Waals surface area contributed by atoms with Gasteiger partial charge in [-0.25, -0.2) is 0 Å². The monoisotopic (exact) mass is 152 g/mol. The zero-order chi connectivity index (χ0) is 7.31. The van der Waals surface area contributed by atoms with Gasteiger partial charge >= 0.3 is 0 Å². The van der Waals surface area contributed by atoms with Crippen molar-refractivity contribution in [3.8, 4) is 0 Å². The number of fused-ring (bicyclic) bond motifs is 3. The molecule has 62 valence electrons. The van der Waals surface area contributed by atoms with Gasteiger partial charge in [-0.05, 0) is 42.9 Å². The molecule has 0 amide bonds. The second-order valence-electron chi connectivity index (χ2n) is 4.75. The lowest BCUT2D eigenvalue weighted by molar-refractivity contribution is 0.109. The van der Waals surface area contributed by atoms with E-state index < -0.39 is 0 Å². The Kier molecular flexibility index (Phi) is 1.18. The molecule has 0 radical (unpaired) electrons. The summed E-state index contributed by atoms with van der Waals surface area (Å²) in [5.74, 6) is 2.14. The molecule has 0 aromatic rings. The summed E-state index contributed by atoms with van der Waals surface area (Å²) in [4.78, 5) is 0. The number of rotatable bonds is 0. The van der Waals surface area contributed by atoms with Crippen LogP contribution >= 0.6 is 0 Å². The van der Waals surface area contributed by atoms with E-state index in [4.69, 9.17) is 4.74 Å². The van der Waals surface area contributed by atoms with Crippen molar-refractivity contribution in [3.63, 3.8) is 0 Å². The van der Waals surface area contributed by atoms with Crippen LogP contribution in [0.15, 0.2) is 0 Å². The topological polar surface area (TPSA) is 9.23 Å². The fraction of sp³-hybridized carbons (Fsp3) is 1.00. The molecule has 11 heavy (non-hydrogen) atoms. The highest BCUT2D eigenvalue weighted by Crippen LogP contribution is 2.59. The molecule has 3 fully saturated rings. The molecule has 3 unspecified atom stereocenters. The van der Waals surface area contributed by atoms with E-state index in [2.05, 4.69) is 0 Å². The molecule has 0 aromatic heterocycles. The summed E-state index contributed by atoms with van der Waals surface area (Å²) in [5.41, 5.74) is 0.683. The average Bonchev–Trinajstić information content (AvgIpc) is 2.64. The van der Waals surface area contributed by atoms with Gasteiger partial charge in [0.1, 0.15) is 0 Å². The molecule has 2 saturated carbocycles. The van der Waals surface area contributed by atoms with Crippen LogP contribution in [-0.4, -0.2) is 13.2 Å². The third-order valence-corrected chi connectivity index (χ3v) is 4.24. The van der Waals surface area contributed by atoms with E-state index >= 15 is 0 Å². The Hall–Kier alpha value is -0.0400. The molecule has 1 spiro atoms. The van der Waals surface area contributed by atoms with Crippen LogP contribution in [0.2, 0.25) is 0 Å². The smallest absolute Gasteiger partial charge is 0.0526 e. The molecular weight excluding hydrogens is 136 g/mol. The Morgan fingerprint density at radius 2 is 2.27 bits per heavy atom. The molecule has 3 atom stereocenters. The number of hydrogen-bond acceptors (Lipinski definition) is 1. The van der Waals surface area contributed by atoms with Crippen LogP contribution < -0.4 is 0 Å². The summed E-state index contributed by atoms with van der Waals surface area (Å²) in [5, 5.41) is 0. The SMILES string of the molecule is C1CC2(CO1)CC1CCC2C1. The number of ether oxygens (including phenoxy) is 1. The predicted octanol–water partition coefficient (Wildman–Crippen LogP) is 2.21. The standard InChI is InChI=1S/C10H16O/c1-2-9-5-8(1)6-10(9)3-4-11-7-10/h8-9H,1-7H2. The van der Waals surface area contributed by atoms with E-state index in [1.165, 1.54) is 32.1 Å². The van der Waals surface area contributed by atoms with Crippen molar-refractivity contribution in [1.29, 1.82) is 0 Å². The summed E-state index contributed by atoms with van der Waals surface area (Å²) < 4.78 is 5.53. The van der Waals surface area contributed by atoms with Gasteiger partial charge in [-0.3, -0.25) is 0 Å². The summed E-state index contributed by atoms with van der Waals surface area (Å²) >= 11 is 0. The van der Waals surface area contributed by atoms with Crippen molar-refractivity contribution >= 4 is 0 Å². The van der Waals surface area contributed by atoms with Gasteiger partial charge in [0.25, 0.3) is 0 Å². The second-order valence-corrected chi connectivity index (χ2v) is 4.75. The molecule has 0 aromatic carbocycles. The molecular formula is C10H16O. The van der Waals surface area contributed by atoms with Crippen LogP contribution in [0.5, 0.6) is 0 Å². The third kappa shape index (κ3) is 0.752. The molecule has 1 saturated heterocycles. The second kappa shape index (κ2) is 2.01. The highest BCUT2D eigenvalue weighted by molar-refractivity contribution is 5.01. The minimum atomic E-state index is 0.683.